The summed E-state index contributed by atoms with van der Waals surface area (Å²) in [4.78, 5) is 18.1. The number of likely N-dealkylation sites (N-methyl/N-ethyl adjacent to an activating group) is 1. The topological polar surface area (TPSA) is 51.0 Å². The maximum absolute atomic E-state index is 13.7. The normalized spacial score (nSPS) is 14.2. The second-order valence-corrected chi connectivity index (χ2v) is 6.94. The molecule has 1 aromatic carbocycles. The molecule has 0 radical (unpaired) electrons. The first-order valence-corrected chi connectivity index (χ1v) is 8.87. The van der Waals surface area contributed by atoms with Gasteiger partial charge in [0, 0.05) is 26.2 Å². The van der Waals surface area contributed by atoms with Crippen LogP contribution in [0.3, 0.4) is 0 Å². The first-order chi connectivity index (χ1) is 13.7. The van der Waals surface area contributed by atoms with Crippen LogP contribution >= 0.6 is 0 Å². The van der Waals surface area contributed by atoms with Gasteiger partial charge < -0.3 is 4.90 Å². The third kappa shape index (κ3) is 3.72. The lowest BCUT2D eigenvalue weighted by Crippen LogP contribution is -2.34. The Labute approximate surface area is 163 Å². The Morgan fingerprint density at radius 2 is 1.93 bits per heavy atom. The molecule has 0 fully saturated rings. The quantitative estimate of drug-likeness (QED) is 0.627. The van der Waals surface area contributed by atoms with E-state index in [1.54, 1.807) is 28.8 Å². The third-order valence-corrected chi connectivity index (χ3v) is 4.85. The average Bonchev–Trinajstić information content (AvgIpc) is 3.08. The van der Waals surface area contributed by atoms with E-state index in [1.807, 2.05) is 0 Å². The fraction of sp³-hybridized carbons (Fsp3) is 0.250. The molecule has 0 saturated heterocycles. The molecule has 1 aliphatic heterocycles. The zero-order valence-corrected chi connectivity index (χ0v) is 15.4. The highest BCUT2D eigenvalue weighted by molar-refractivity contribution is 5.96. The number of nitrogens with zero attached hydrogens (tertiary/aromatic N) is 4. The van der Waals surface area contributed by atoms with Gasteiger partial charge in [-0.1, -0.05) is 0 Å². The summed E-state index contributed by atoms with van der Waals surface area (Å²) in [7, 11) is 1.72. The minimum absolute atomic E-state index is 0.0987. The van der Waals surface area contributed by atoms with E-state index in [0.717, 1.165) is 17.8 Å². The molecule has 1 amide bonds. The number of halogens is 4. The molecule has 5 nitrogen and oxygen atoms in total. The molecule has 3 aromatic rings. The van der Waals surface area contributed by atoms with Crippen LogP contribution in [-0.4, -0.2) is 39.2 Å². The molecule has 4 rings (SSSR count). The number of rotatable bonds is 3. The van der Waals surface area contributed by atoms with Crippen molar-refractivity contribution in [2.45, 2.75) is 19.0 Å². The van der Waals surface area contributed by atoms with Crippen LogP contribution in [-0.2, 0) is 19.0 Å². The molecule has 0 saturated carbocycles. The van der Waals surface area contributed by atoms with Crippen LogP contribution in [0.4, 0.5) is 17.6 Å². The predicted molar refractivity (Wildman–Crippen MR) is 96.2 cm³/mol. The number of fused-ring (bicyclic) bond motifs is 1. The molecule has 0 aliphatic carbocycles. The number of aromatic nitrogens is 3. The molecule has 0 spiro atoms. The van der Waals surface area contributed by atoms with Gasteiger partial charge in [-0.05, 0) is 47.9 Å². The molecule has 29 heavy (non-hydrogen) atoms. The van der Waals surface area contributed by atoms with Crippen molar-refractivity contribution in [1.82, 2.24) is 19.7 Å². The standard InChI is InChI=1S/C20H16F4N4O/c1-27-5-3-17-16(19(27)29)11-26-28(17)18-9-12(2-4-25-18)6-13-7-14(20(22,23)24)10-15(21)8-13/h2,4,7-11H,3,5-6H2,1H3. The zero-order chi connectivity index (χ0) is 20.8. The number of carbonyl (C=O) groups is 1. The molecule has 0 bridgehead atoms. The number of hydrogen-bond donors (Lipinski definition) is 0. The van der Waals surface area contributed by atoms with Gasteiger partial charge in [-0.25, -0.2) is 14.1 Å². The van der Waals surface area contributed by atoms with E-state index in [2.05, 4.69) is 10.1 Å². The van der Waals surface area contributed by atoms with E-state index in [-0.39, 0.29) is 17.9 Å². The Balaban J connectivity index is 1.66. The summed E-state index contributed by atoms with van der Waals surface area (Å²) in [6.07, 6.45) is -0.902. The van der Waals surface area contributed by atoms with Crippen LogP contribution in [0.1, 0.15) is 32.7 Å². The SMILES string of the molecule is CN1CCc2c(cnn2-c2cc(Cc3cc(F)cc(C(F)(F)F)c3)ccn2)C1=O. The van der Waals surface area contributed by atoms with Crippen molar-refractivity contribution in [1.29, 1.82) is 0 Å². The molecule has 3 heterocycles. The summed E-state index contributed by atoms with van der Waals surface area (Å²) < 4.78 is 54.0. The van der Waals surface area contributed by atoms with Gasteiger partial charge in [0.15, 0.2) is 5.82 Å². The summed E-state index contributed by atoms with van der Waals surface area (Å²) in [6.45, 7) is 0.556. The van der Waals surface area contributed by atoms with Crippen molar-refractivity contribution in [3.05, 3.63) is 76.5 Å². The maximum Gasteiger partial charge on any atom is 0.416 e. The Morgan fingerprint density at radius 3 is 2.69 bits per heavy atom. The second kappa shape index (κ2) is 6.98. The van der Waals surface area contributed by atoms with Crippen LogP contribution in [0.15, 0.2) is 42.7 Å². The minimum Gasteiger partial charge on any atom is -0.341 e. The van der Waals surface area contributed by atoms with Crippen LogP contribution in [0.5, 0.6) is 0 Å². The summed E-state index contributed by atoms with van der Waals surface area (Å²) in [5.41, 5.74) is 1.07. The first kappa shape index (κ1) is 19.1. The highest BCUT2D eigenvalue weighted by atomic mass is 19.4. The zero-order valence-electron chi connectivity index (χ0n) is 15.4. The van der Waals surface area contributed by atoms with E-state index >= 15 is 0 Å². The Kier molecular flexibility index (Phi) is 4.60. The third-order valence-electron chi connectivity index (χ3n) is 4.85. The number of amides is 1. The fourth-order valence-corrected chi connectivity index (χ4v) is 3.41. The summed E-state index contributed by atoms with van der Waals surface area (Å²) >= 11 is 0. The molecule has 9 heteroatoms. The van der Waals surface area contributed by atoms with Gasteiger partial charge in [-0.2, -0.15) is 18.3 Å². The van der Waals surface area contributed by atoms with E-state index in [4.69, 9.17) is 0 Å². The van der Waals surface area contributed by atoms with Crippen molar-refractivity contribution in [3.63, 3.8) is 0 Å². The van der Waals surface area contributed by atoms with Gasteiger partial charge in [0.2, 0.25) is 0 Å². The Morgan fingerprint density at radius 1 is 1.14 bits per heavy atom. The van der Waals surface area contributed by atoms with Crippen molar-refractivity contribution in [2.75, 3.05) is 13.6 Å². The number of alkyl halides is 3. The van der Waals surface area contributed by atoms with Crippen molar-refractivity contribution < 1.29 is 22.4 Å². The first-order valence-electron chi connectivity index (χ1n) is 8.87. The monoisotopic (exact) mass is 404 g/mol. The van der Waals surface area contributed by atoms with Gasteiger partial charge >= 0.3 is 6.18 Å². The summed E-state index contributed by atoms with van der Waals surface area (Å²) in [5, 5.41) is 4.26. The molecule has 1 aliphatic rings. The molecular formula is C20H16F4N4O. The minimum atomic E-state index is -4.62. The fourth-order valence-electron chi connectivity index (χ4n) is 3.41. The maximum atomic E-state index is 13.7. The molecule has 0 atom stereocenters. The lowest BCUT2D eigenvalue weighted by molar-refractivity contribution is -0.137. The van der Waals surface area contributed by atoms with Crippen molar-refractivity contribution >= 4 is 5.91 Å². The number of hydrogen-bond acceptors (Lipinski definition) is 3. The van der Waals surface area contributed by atoms with Gasteiger partial charge in [-0.15, -0.1) is 0 Å². The highest BCUT2D eigenvalue weighted by Gasteiger charge is 2.31. The van der Waals surface area contributed by atoms with Crippen molar-refractivity contribution in [3.8, 4) is 5.82 Å². The molecule has 150 valence electrons. The molecule has 0 unspecified atom stereocenters. The number of carbonyl (C=O) groups excluding carboxylic acids is 1. The van der Waals surface area contributed by atoms with Crippen LogP contribution in [0.2, 0.25) is 0 Å². The van der Waals surface area contributed by atoms with Crippen LogP contribution in [0, 0.1) is 5.82 Å². The number of pyridine rings is 1. The summed E-state index contributed by atoms with van der Waals surface area (Å²) in [6, 6.07) is 5.82. The Hall–Kier alpha value is -3.23. The Bertz CT molecular complexity index is 1090. The highest BCUT2D eigenvalue weighted by Crippen LogP contribution is 2.31. The van der Waals surface area contributed by atoms with Crippen LogP contribution < -0.4 is 0 Å². The van der Waals surface area contributed by atoms with E-state index in [1.165, 1.54) is 12.4 Å². The van der Waals surface area contributed by atoms with Crippen LogP contribution in [0.25, 0.3) is 5.82 Å². The largest absolute Gasteiger partial charge is 0.416 e. The lowest BCUT2D eigenvalue weighted by Gasteiger charge is -2.22. The molecule has 0 N–H and O–H groups in total. The smallest absolute Gasteiger partial charge is 0.341 e. The summed E-state index contributed by atoms with van der Waals surface area (Å²) in [5.74, 6) is -0.602. The van der Waals surface area contributed by atoms with Gasteiger partial charge in [0.1, 0.15) is 5.82 Å². The van der Waals surface area contributed by atoms with Gasteiger partial charge in [0.25, 0.3) is 5.91 Å². The van der Waals surface area contributed by atoms with E-state index < -0.39 is 17.6 Å². The van der Waals surface area contributed by atoms with Gasteiger partial charge in [0.05, 0.1) is 23.0 Å². The molecular weight excluding hydrogens is 388 g/mol. The average molecular weight is 404 g/mol. The second-order valence-electron chi connectivity index (χ2n) is 6.94. The van der Waals surface area contributed by atoms with E-state index in [9.17, 15) is 22.4 Å². The molecule has 2 aromatic heterocycles. The lowest BCUT2D eigenvalue weighted by atomic mass is 10.0. The predicted octanol–water partition coefficient (Wildman–Crippen LogP) is 3.64. The van der Waals surface area contributed by atoms with E-state index in [0.29, 0.717) is 36.0 Å². The van der Waals surface area contributed by atoms with Gasteiger partial charge in [-0.3, -0.25) is 4.79 Å². The van der Waals surface area contributed by atoms with Crippen molar-refractivity contribution in [2.24, 2.45) is 0 Å². The number of benzene rings is 1.